The molecule has 0 amide bonds. The number of hydrogen-bond donors (Lipinski definition) is 4. The molecule has 0 aliphatic heterocycles. The van der Waals surface area contributed by atoms with E-state index in [1.807, 2.05) is 7.05 Å². The minimum atomic E-state index is -1.08. The fourth-order valence-electron chi connectivity index (χ4n) is 5.99. The Morgan fingerprint density at radius 1 is 0.919 bits per heavy atom. The third-order valence-electron chi connectivity index (χ3n) is 7.86. The first-order valence-corrected chi connectivity index (χ1v) is 13.8. The summed E-state index contributed by atoms with van der Waals surface area (Å²) in [6.07, 6.45) is 13.1. The lowest BCUT2D eigenvalue weighted by Crippen LogP contribution is -2.46. The van der Waals surface area contributed by atoms with Crippen LogP contribution in [0.3, 0.4) is 0 Å². The number of halogens is 1. The molecule has 5 heteroatoms. The van der Waals surface area contributed by atoms with E-state index < -0.39 is 11.2 Å². The van der Waals surface area contributed by atoms with Crippen LogP contribution in [-0.2, 0) is 11.2 Å². The molecule has 1 atom stereocenters. The Hall–Kier alpha value is -2.81. The maximum absolute atomic E-state index is 7.51. The second-order valence-electron chi connectivity index (χ2n) is 10.1. The van der Waals surface area contributed by atoms with E-state index in [9.17, 15) is 0 Å². The second-order valence-corrected chi connectivity index (χ2v) is 11.4. The van der Waals surface area contributed by atoms with Crippen molar-refractivity contribution in [2.75, 3.05) is 13.6 Å². The highest BCUT2D eigenvalue weighted by Crippen LogP contribution is 2.52. The topological polar surface area (TPSA) is 90.1 Å². The zero-order chi connectivity index (χ0) is 25.8. The average molecular weight is 599 g/mol. The highest BCUT2D eigenvalue weighted by molar-refractivity contribution is 14.1. The van der Waals surface area contributed by atoms with Crippen LogP contribution in [0.2, 0.25) is 0 Å². The molecule has 6 rings (SSSR count). The van der Waals surface area contributed by atoms with Crippen LogP contribution >= 0.6 is 22.6 Å². The van der Waals surface area contributed by atoms with E-state index in [0.29, 0.717) is 0 Å². The van der Waals surface area contributed by atoms with Crippen LogP contribution in [0.15, 0.2) is 102 Å². The SMILES string of the molecule is CNCC/C=C/C1=CC2=C(C=CC1)c1ccccc1C2(N)c1ccc2c(c1)C(N)(N)c1cc(I)ccc1-2. The lowest BCUT2D eigenvalue weighted by molar-refractivity contribution is 0.579. The molecule has 0 aromatic heterocycles. The molecule has 0 spiro atoms. The molecular weight excluding hydrogens is 567 g/mol. The van der Waals surface area contributed by atoms with Gasteiger partial charge in [0.15, 0.2) is 0 Å². The molecule has 0 bridgehead atoms. The molecule has 3 aliphatic rings. The smallest absolute Gasteiger partial charge is 0.118 e. The van der Waals surface area contributed by atoms with E-state index in [1.54, 1.807) is 0 Å². The zero-order valence-corrected chi connectivity index (χ0v) is 23.0. The summed E-state index contributed by atoms with van der Waals surface area (Å²) in [4.78, 5) is 0. The Labute approximate surface area is 232 Å². The van der Waals surface area contributed by atoms with Gasteiger partial charge < -0.3 is 22.5 Å². The predicted octanol–water partition coefficient (Wildman–Crippen LogP) is 5.41. The molecule has 4 nitrogen and oxygen atoms in total. The van der Waals surface area contributed by atoms with E-state index in [2.05, 4.69) is 119 Å². The van der Waals surface area contributed by atoms with Crippen molar-refractivity contribution < 1.29 is 0 Å². The first-order valence-electron chi connectivity index (χ1n) is 12.7. The molecule has 3 aromatic carbocycles. The Bertz CT molecular complexity index is 1540. The first-order chi connectivity index (χ1) is 17.9. The number of allylic oxidation sites excluding steroid dienone is 5. The maximum Gasteiger partial charge on any atom is 0.118 e. The fraction of sp³-hybridized carbons (Fsp3) is 0.188. The van der Waals surface area contributed by atoms with Crippen molar-refractivity contribution in [1.82, 2.24) is 5.32 Å². The van der Waals surface area contributed by atoms with Crippen molar-refractivity contribution in [3.8, 4) is 11.1 Å². The molecule has 0 heterocycles. The molecular formula is C32H31IN4. The van der Waals surface area contributed by atoms with Crippen molar-refractivity contribution in [3.05, 3.63) is 134 Å². The van der Waals surface area contributed by atoms with E-state index in [-0.39, 0.29) is 0 Å². The van der Waals surface area contributed by atoms with Crippen LogP contribution in [0.1, 0.15) is 40.7 Å². The summed E-state index contributed by atoms with van der Waals surface area (Å²) in [5.41, 5.74) is 30.1. The lowest BCUT2D eigenvalue weighted by atomic mass is 9.78. The molecule has 1 unspecified atom stereocenters. The van der Waals surface area contributed by atoms with E-state index in [1.165, 1.54) is 16.7 Å². The van der Waals surface area contributed by atoms with Gasteiger partial charge in [0.2, 0.25) is 0 Å². The van der Waals surface area contributed by atoms with E-state index >= 15 is 0 Å². The summed E-state index contributed by atoms with van der Waals surface area (Å²) in [6.45, 7) is 0.955. The molecule has 0 saturated carbocycles. The van der Waals surface area contributed by atoms with Gasteiger partial charge in [0.1, 0.15) is 5.66 Å². The van der Waals surface area contributed by atoms with E-state index in [0.717, 1.165) is 61.9 Å². The van der Waals surface area contributed by atoms with Gasteiger partial charge in [-0.25, -0.2) is 0 Å². The second kappa shape index (κ2) is 9.19. The summed E-state index contributed by atoms with van der Waals surface area (Å²) >= 11 is 2.31. The van der Waals surface area contributed by atoms with Gasteiger partial charge in [-0.05, 0) is 123 Å². The van der Waals surface area contributed by atoms with Gasteiger partial charge in [-0.2, -0.15) is 0 Å². The normalized spacial score (nSPS) is 20.9. The van der Waals surface area contributed by atoms with Gasteiger partial charge in [0.25, 0.3) is 0 Å². The van der Waals surface area contributed by atoms with Crippen molar-refractivity contribution >= 4 is 28.2 Å². The highest BCUT2D eigenvalue weighted by Gasteiger charge is 2.44. The lowest BCUT2D eigenvalue weighted by Gasteiger charge is -2.31. The van der Waals surface area contributed by atoms with Gasteiger partial charge in [-0.3, -0.25) is 0 Å². The van der Waals surface area contributed by atoms with Gasteiger partial charge in [0, 0.05) is 3.57 Å². The molecule has 37 heavy (non-hydrogen) atoms. The summed E-state index contributed by atoms with van der Waals surface area (Å²) in [5.74, 6) is 0. The third-order valence-corrected chi connectivity index (χ3v) is 8.53. The fourth-order valence-corrected chi connectivity index (χ4v) is 6.48. The van der Waals surface area contributed by atoms with Gasteiger partial charge >= 0.3 is 0 Å². The van der Waals surface area contributed by atoms with Gasteiger partial charge in [-0.15, -0.1) is 0 Å². The molecule has 7 N–H and O–H groups in total. The monoisotopic (exact) mass is 598 g/mol. The van der Waals surface area contributed by atoms with Crippen LogP contribution in [0.4, 0.5) is 0 Å². The molecule has 0 radical (unpaired) electrons. The standard InChI is InChI=1S/C32H31IN4/c1-37-16-5-4-7-20-8-6-10-24-23-9-2-3-11-27(23)31(34,28(24)17-20)21-12-14-25-26-15-13-22(33)19-30(26)32(35,36)29(25)18-21/h2-4,6-7,9-15,17-19,37H,5,8,16,34-36H2,1H3/b7-4+. The minimum Gasteiger partial charge on any atom is -0.319 e. The summed E-state index contributed by atoms with van der Waals surface area (Å²) in [5, 5.41) is 3.20. The molecule has 186 valence electrons. The molecule has 0 fully saturated rings. The number of nitrogens with one attached hydrogen (secondary N) is 1. The molecule has 3 aliphatic carbocycles. The average Bonchev–Trinajstić information content (AvgIpc) is 3.13. The van der Waals surface area contributed by atoms with Gasteiger partial charge in [-0.1, -0.05) is 72.8 Å². The number of fused-ring (bicyclic) bond motifs is 5. The van der Waals surface area contributed by atoms with Crippen LogP contribution in [0.5, 0.6) is 0 Å². The van der Waals surface area contributed by atoms with Crippen molar-refractivity contribution in [2.24, 2.45) is 17.2 Å². The Morgan fingerprint density at radius 3 is 2.49 bits per heavy atom. The molecule has 3 aromatic rings. The minimum absolute atomic E-state index is 0.820. The Morgan fingerprint density at radius 2 is 1.68 bits per heavy atom. The van der Waals surface area contributed by atoms with Crippen LogP contribution in [0, 0.1) is 3.57 Å². The number of hydrogen-bond acceptors (Lipinski definition) is 4. The largest absolute Gasteiger partial charge is 0.319 e. The van der Waals surface area contributed by atoms with Crippen LogP contribution < -0.4 is 22.5 Å². The summed E-state index contributed by atoms with van der Waals surface area (Å²) < 4.78 is 1.12. The number of benzene rings is 3. The van der Waals surface area contributed by atoms with Crippen molar-refractivity contribution in [1.29, 1.82) is 0 Å². The molecule has 0 saturated heterocycles. The maximum atomic E-state index is 7.51. The highest BCUT2D eigenvalue weighted by atomic mass is 127. The Kier molecular flexibility index (Phi) is 6.09. The first kappa shape index (κ1) is 24.5. The zero-order valence-electron chi connectivity index (χ0n) is 20.9. The third kappa shape index (κ3) is 3.80. The quantitative estimate of drug-likeness (QED) is 0.180. The van der Waals surface area contributed by atoms with E-state index in [4.69, 9.17) is 17.2 Å². The van der Waals surface area contributed by atoms with Gasteiger partial charge in [0.05, 0.1) is 5.54 Å². The van der Waals surface area contributed by atoms with Crippen LogP contribution in [-0.4, -0.2) is 13.6 Å². The number of rotatable bonds is 5. The predicted molar refractivity (Wildman–Crippen MR) is 162 cm³/mol. The summed E-state index contributed by atoms with van der Waals surface area (Å²) in [7, 11) is 1.98. The van der Waals surface area contributed by atoms with Crippen molar-refractivity contribution in [3.63, 3.8) is 0 Å². The number of nitrogens with two attached hydrogens (primary N) is 3. The van der Waals surface area contributed by atoms with Crippen LogP contribution in [0.25, 0.3) is 16.7 Å². The van der Waals surface area contributed by atoms with Crippen molar-refractivity contribution in [2.45, 2.75) is 24.0 Å². The Balaban J connectivity index is 1.52. The summed E-state index contributed by atoms with van der Waals surface area (Å²) in [6, 6.07) is 21.2.